The van der Waals surface area contributed by atoms with E-state index in [1.807, 2.05) is 20.8 Å². The molecule has 0 spiro atoms. The Hall–Kier alpha value is -0.200. The van der Waals surface area contributed by atoms with Crippen LogP contribution in [0, 0.1) is 0 Å². The second kappa shape index (κ2) is 4.23. The SMILES string of the molecule is CO[C@H]1O[C@@H](C)[C@@H]2OC(C)(C)O[C@@H]2[C@H]1OC. The van der Waals surface area contributed by atoms with E-state index < -0.39 is 12.1 Å². The molecule has 5 nitrogen and oxygen atoms in total. The number of rotatable bonds is 2. The molecule has 16 heavy (non-hydrogen) atoms. The molecule has 0 aromatic carbocycles. The summed E-state index contributed by atoms with van der Waals surface area (Å²) in [6, 6.07) is 0. The van der Waals surface area contributed by atoms with Gasteiger partial charge in [0.2, 0.25) is 0 Å². The summed E-state index contributed by atoms with van der Waals surface area (Å²) in [5.74, 6) is -0.591. The molecule has 2 aliphatic heterocycles. The highest BCUT2D eigenvalue weighted by Gasteiger charge is 2.54. The molecule has 0 aliphatic carbocycles. The molecule has 2 rings (SSSR count). The van der Waals surface area contributed by atoms with Crippen molar-refractivity contribution in [1.82, 2.24) is 0 Å². The van der Waals surface area contributed by atoms with E-state index in [9.17, 15) is 0 Å². The molecule has 5 atom stereocenters. The van der Waals surface area contributed by atoms with Gasteiger partial charge in [0.1, 0.15) is 18.3 Å². The maximum Gasteiger partial charge on any atom is 0.186 e. The molecule has 2 fully saturated rings. The van der Waals surface area contributed by atoms with Crippen LogP contribution in [0.1, 0.15) is 20.8 Å². The molecule has 0 radical (unpaired) electrons. The van der Waals surface area contributed by atoms with Gasteiger partial charge in [-0.2, -0.15) is 0 Å². The van der Waals surface area contributed by atoms with Crippen LogP contribution in [0.25, 0.3) is 0 Å². The second-order valence-corrected chi connectivity index (χ2v) is 4.71. The summed E-state index contributed by atoms with van der Waals surface area (Å²) in [4.78, 5) is 0. The number of ether oxygens (including phenoxy) is 5. The highest BCUT2D eigenvalue weighted by atomic mass is 16.8. The van der Waals surface area contributed by atoms with Crippen LogP contribution in [0.4, 0.5) is 0 Å². The van der Waals surface area contributed by atoms with Crippen LogP contribution in [0.5, 0.6) is 0 Å². The smallest absolute Gasteiger partial charge is 0.186 e. The Bertz CT molecular complexity index is 255. The minimum absolute atomic E-state index is 0.0666. The number of methoxy groups -OCH3 is 2. The van der Waals surface area contributed by atoms with Crippen molar-refractivity contribution in [2.75, 3.05) is 14.2 Å². The van der Waals surface area contributed by atoms with Gasteiger partial charge < -0.3 is 23.7 Å². The van der Waals surface area contributed by atoms with E-state index in [1.165, 1.54) is 0 Å². The first-order valence-corrected chi connectivity index (χ1v) is 5.55. The van der Waals surface area contributed by atoms with Crippen LogP contribution in [-0.2, 0) is 23.7 Å². The lowest BCUT2D eigenvalue weighted by atomic mass is 10.00. The van der Waals surface area contributed by atoms with Gasteiger partial charge in [0.15, 0.2) is 12.1 Å². The van der Waals surface area contributed by atoms with E-state index in [-0.39, 0.29) is 24.4 Å². The average molecular weight is 232 g/mol. The molecule has 2 aliphatic rings. The molecule has 2 saturated heterocycles. The lowest BCUT2D eigenvalue weighted by molar-refractivity contribution is -0.271. The topological polar surface area (TPSA) is 46.2 Å². The fourth-order valence-electron chi connectivity index (χ4n) is 2.39. The van der Waals surface area contributed by atoms with E-state index >= 15 is 0 Å². The van der Waals surface area contributed by atoms with Crippen molar-refractivity contribution >= 4 is 0 Å². The molecule has 0 N–H and O–H groups in total. The third-order valence-corrected chi connectivity index (χ3v) is 3.07. The van der Waals surface area contributed by atoms with E-state index in [0.29, 0.717) is 0 Å². The lowest BCUT2D eigenvalue weighted by Crippen LogP contribution is -2.56. The van der Waals surface area contributed by atoms with Gasteiger partial charge in [-0.1, -0.05) is 0 Å². The Kier molecular flexibility index (Phi) is 3.25. The molecule has 94 valence electrons. The van der Waals surface area contributed by atoms with E-state index in [2.05, 4.69) is 0 Å². The monoisotopic (exact) mass is 232 g/mol. The molecule has 0 bridgehead atoms. The van der Waals surface area contributed by atoms with Crippen molar-refractivity contribution in [3.05, 3.63) is 0 Å². The normalized spacial score (nSPS) is 46.7. The Morgan fingerprint density at radius 1 is 1.00 bits per heavy atom. The van der Waals surface area contributed by atoms with Crippen molar-refractivity contribution in [1.29, 1.82) is 0 Å². The summed E-state index contributed by atoms with van der Waals surface area (Å²) in [5, 5.41) is 0. The third kappa shape index (κ3) is 1.98. The Balaban J connectivity index is 2.19. The molecule has 0 saturated carbocycles. The predicted molar refractivity (Wildman–Crippen MR) is 56.0 cm³/mol. The third-order valence-electron chi connectivity index (χ3n) is 3.07. The summed E-state index contributed by atoms with van der Waals surface area (Å²) < 4.78 is 28.0. The van der Waals surface area contributed by atoms with Crippen LogP contribution in [0.15, 0.2) is 0 Å². The lowest BCUT2D eigenvalue weighted by Gasteiger charge is -2.39. The molecular weight excluding hydrogens is 212 g/mol. The fourth-order valence-corrected chi connectivity index (χ4v) is 2.39. The standard InChI is InChI=1S/C11H20O5/c1-6-7-8(16-11(2,3)15-7)9(12-4)10(13-5)14-6/h6-10H,1-5H3/t6-,7-,8-,9+,10-/m0/s1. The van der Waals surface area contributed by atoms with Crippen molar-refractivity contribution in [2.24, 2.45) is 0 Å². The van der Waals surface area contributed by atoms with Gasteiger partial charge in [0, 0.05) is 14.2 Å². The average Bonchev–Trinajstić information content (AvgIpc) is 2.54. The first-order chi connectivity index (χ1) is 7.48. The van der Waals surface area contributed by atoms with Crippen molar-refractivity contribution < 1.29 is 23.7 Å². The fraction of sp³-hybridized carbons (Fsp3) is 1.00. The Morgan fingerprint density at radius 2 is 1.62 bits per heavy atom. The van der Waals surface area contributed by atoms with Gasteiger partial charge in [-0.05, 0) is 20.8 Å². The number of hydrogen-bond donors (Lipinski definition) is 0. The minimum atomic E-state index is -0.591. The summed E-state index contributed by atoms with van der Waals surface area (Å²) in [6.07, 6.45) is -0.977. The van der Waals surface area contributed by atoms with Crippen molar-refractivity contribution in [3.63, 3.8) is 0 Å². The quantitative estimate of drug-likeness (QED) is 0.708. The largest absolute Gasteiger partial charge is 0.373 e. The molecule has 2 heterocycles. The zero-order valence-electron chi connectivity index (χ0n) is 10.4. The van der Waals surface area contributed by atoms with Gasteiger partial charge >= 0.3 is 0 Å². The molecule has 0 unspecified atom stereocenters. The number of hydrogen-bond acceptors (Lipinski definition) is 5. The minimum Gasteiger partial charge on any atom is -0.373 e. The molecular formula is C11H20O5. The van der Waals surface area contributed by atoms with E-state index in [4.69, 9.17) is 23.7 Å². The summed E-state index contributed by atoms with van der Waals surface area (Å²) >= 11 is 0. The summed E-state index contributed by atoms with van der Waals surface area (Å²) in [6.45, 7) is 5.75. The predicted octanol–water partition coefficient (Wildman–Crippen LogP) is 0.913. The maximum atomic E-state index is 5.85. The van der Waals surface area contributed by atoms with Gasteiger partial charge in [0.25, 0.3) is 0 Å². The highest BCUT2D eigenvalue weighted by molar-refractivity contribution is 4.95. The zero-order valence-corrected chi connectivity index (χ0v) is 10.4. The first kappa shape index (κ1) is 12.3. The zero-order chi connectivity index (χ0) is 11.9. The van der Waals surface area contributed by atoms with Crippen LogP contribution >= 0.6 is 0 Å². The summed E-state index contributed by atoms with van der Waals surface area (Å²) in [5.41, 5.74) is 0. The molecule has 0 aromatic rings. The second-order valence-electron chi connectivity index (χ2n) is 4.71. The van der Waals surface area contributed by atoms with Crippen LogP contribution in [-0.4, -0.2) is 50.7 Å². The van der Waals surface area contributed by atoms with Crippen molar-refractivity contribution in [3.8, 4) is 0 Å². The first-order valence-electron chi connectivity index (χ1n) is 5.55. The van der Waals surface area contributed by atoms with Crippen molar-refractivity contribution in [2.45, 2.75) is 57.3 Å². The van der Waals surface area contributed by atoms with E-state index in [1.54, 1.807) is 14.2 Å². The molecule has 0 aromatic heterocycles. The van der Waals surface area contributed by atoms with Gasteiger partial charge in [-0.15, -0.1) is 0 Å². The molecule has 0 amide bonds. The summed E-state index contributed by atoms with van der Waals surface area (Å²) in [7, 11) is 3.23. The van der Waals surface area contributed by atoms with Crippen LogP contribution in [0.3, 0.4) is 0 Å². The van der Waals surface area contributed by atoms with Crippen LogP contribution in [0.2, 0.25) is 0 Å². The van der Waals surface area contributed by atoms with Gasteiger partial charge in [-0.3, -0.25) is 0 Å². The molecule has 5 heteroatoms. The Morgan fingerprint density at radius 3 is 2.19 bits per heavy atom. The Labute approximate surface area is 95.9 Å². The van der Waals surface area contributed by atoms with Gasteiger partial charge in [0.05, 0.1) is 6.10 Å². The number of fused-ring (bicyclic) bond motifs is 1. The van der Waals surface area contributed by atoms with Crippen LogP contribution < -0.4 is 0 Å². The highest BCUT2D eigenvalue weighted by Crippen LogP contribution is 2.38. The van der Waals surface area contributed by atoms with E-state index in [0.717, 1.165) is 0 Å². The maximum absolute atomic E-state index is 5.85. The van der Waals surface area contributed by atoms with Gasteiger partial charge in [-0.25, -0.2) is 0 Å².